The lowest BCUT2D eigenvalue weighted by molar-refractivity contribution is -0.137. The van der Waals surface area contributed by atoms with Gasteiger partial charge in [-0.15, -0.1) is 0 Å². The summed E-state index contributed by atoms with van der Waals surface area (Å²) in [5.41, 5.74) is 0.222. The summed E-state index contributed by atoms with van der Waals surface area (Å²) < 4.78 is 86.0. The SMILES string of the molecule is O=S(=O)(c1cccc(C(F)(F)F)c1)N1CCOc2ccc(-c3cccc(C(F)P)n3)cc21. The third-order valence-electron chi connectivity index (χ3n) is 4.88. The third kappa shape index (κ3) is 4.29. The Morgan fingerprint density at radius 2 is 1.81 bits per heavy atom. The number of benzene rings is 2. The molecule has 2 aromatic carbocycles. The molecule has 0 saturated carbocycles. The van der Waals surface area contributed by atoms with Crippen LogP contribution in [0.1, 0.15) is 17.2 Å². The normalized spacial score (nSPS) is 15.1. The van der Waals surface area contributed by atoms with E-state index in [0.29, 0.717) is 17.3 Å². The van der Waals surface area contributed by atoms with Crippen molar-refractivity contribution in [1.29, 1.82) is 0 Å². The zero-order chi connectivity index (χ0) is 23.1. The Kier molecular flexibility index (Phi) is 5.85. The molecular weight excluding hydrogens is 467 g/mol. The maximum Gasteiger partial charge on any atom is 0.416 e. The molecule has 3 aromatic rings. The van der Waals surface area contributed by atoms with Gasteiger partial charge in [-0.05, 0) is 48.5 Å². The molecule has 0 radical (unpaired) electrons. The van der Waals surface area contributed by atoms with Crippen LogP contribution in [0.5, 0.6) is 5.75 Å². The van der Waals surface area contributed by atoms with E-state index < -0.39 is 32.6 Å². The molecule has 2 atom stereocenters. The van der Waals surface area contributed by atoms with Crippen LogP contribution >= 0.6 is 9.24 Å². The minimum absolute atomic E-state index is 0.0366. The van der Waals surface area contributed by atoms with Gasteiger partial charge in [-0.2, -0.15) is 13.2 Å². The van der Waals surface area contributed by atoms with Crippen LogP contribution in [-0.2, 0) is 16.2 Å². The second-order valence-corrected chi connectivity index (χ2v) is 9.43. The number of ether oxygens (including phenoxy) is 1. The van der Waals surface area contributed by atoms with Crippen LogP contribution in [0.3, 0.4) is 0 Å². The Balaban J connectivity index is 1.78. The van der Waals surface area contributed by atoms with Crippen molar-refractivity contribution in [3.05, 3.63) is 71.9 Å². The van der Waals surface area contributed by atoms with Crippen molar-refractivity contribution in [2.75, 3.05) is 17.5 Å². The highest BCUT2D eigenvalue weighted by Crippen LogP contribution is 2.39. The van der Waals surface area contributed by atoms with Crippen molar-refractivity contribution < 1.29 is 30.7 Å². The van der Waals surface area contributed by atoms with Gasteiger partial charge in [0.25, 0.3) is 10.0 Å². The smallest absolute Gasteiger partial charge is 0.416 e. The number of hydrogen-bond donors (Lipinski definition) is 0. The second-order valence-electron chi connectivity index (χ2n) is 6.98. The number of anilines is 1. The average molecular weight is 484 g/mol. The maximum absolute atomic E-state index is 13.6. The zero-order valence-corrected chi connectivity index (χ0v) is 18.4. The molecule has 2 heterocycles. The Morgan fingerprint density at radius 1 is 1.06 bits per heavy atom. The molecule has 1 aliphatic rings. The van der Waals surface area contributed by atoms with E-state index in [0.717, 1.165) is 22.5 Å². The van der Waals surface area contributed by atoms with E-state index in [9.17, 15) is 26.0 Å². The van der Waals surface area contributed by atoms with E-state index in [2.05, 4.69) is 4.98 Å². The fraction of sp³-hybridized carbons (Fsp3) is 0.190. The van der Waals surface area contributed by atoms with Crippen molar-refractivity contribution in [3.8, 4) is 17.0 Å². The lowest BCUT2D eigenvalue weighted by Gasteiger charge is -2.31. The molecule has 5 nitrogen and oxygen atoms in total. The van der Waals surface area contributed by atoms with Crippen molar-refractivity contribution in [2.45, 2.75) is 17.0 Å². The summed E-state index contributed by atoms with van der Waals surface area (Å²) in [7, 11) is -2.30. The van der Waals surface area contributed by atoms with Crippen LogP contribution in [0.2, 0.25) is 0 Å². The lowest BCUT2D eigenvalue weighted by Crippen LogP contribution is -2.38. The van der Waals surface area contributed by atoms with Crippen LogP contribution in [0.15, 0.2) is 65.6 Å². The van der Waals surface area contributed by atoms with Crippen molar-refractivity contribution in [1.82, 2.24) is 4.98 Å². The Morgan fingerprint density at radius 3 is 2.53 bits per heavy atom. The minimum Gasteiger partial charge on any atom is -0.489 e. The molecule has 0 spiro atoms. The van der Waals surface area contributed by atoms with Gasteiger partial charge in [-0.3, -0.25) is 4.31 Å². The van der Waals surface area contributed by atoms with Crippen LogP contribution < -0.4 is 9.04 Å². The molecule has 0 N–H and O–H groups in total. The van der Waals surface area contributed by atoms with Gasteiger partial charge in [0, 0.05) is 5.56 Å². The van der Waals surface area contributed by atoms with Gasteiger partial charge < -0.3 is 4.74 Å². The van der Waals surface area contributed by atoms with E-state index in [4.69, 9.17) is 4.74 Å². The second kappa shape index (κ2) is 8.33. The van der Waals surface area contributed by atoms with Gasteiger partial charge in [-0.25, -0.2) is 17.8 Å². The van der Waals surface area contributed by atoms with E-state index in [-0.39, 0.29) is 30.3 Å². The third-order valence-corrected chi connectivity index (χ3v) is 7.03. The predicted molar refractivity (Wildman–Crippen MR) is 115 cm³/mol. The van der Waals surface area contributed by atoms with Crippen molar-refractivity contribution in [3.63, 3.8) is 0 Å². The van der Waals surface area contributed by atoms with Crippen LogP contribution in [0, 0.1) is 0 Å². The summed E-state index contributed by atoms with van der Waals surface area (Å²) in [5.74, 6) is -1.10. The highest BCUT2D eigenvalue weighted by atomic mass is 32.2. The number of pyridine rings is 1. The summed E-state index contributed by atoms with van der Waals surface area (Å²) in [5, 5.41) is 0. The first-order valence-corrected chi connectivity index (χ1v) is 11.5. The van der Waals surface area contributed by atoms with Gasteiger partial charge in [0.1, 0.15) is 12.4 Å². The molecule has 11 heteroatoms. The standard InChI is InChI=1S/C21H17F4N2O3PS/c22-20(31)17-6-2-5-16(26-17)13-7-8-19-18(11-13)27(9-10-30-19)32(28,29)15-4-1-3-14(12-15)21(23,24)25/h1-8,11-12,20H,9-10,31H2. The van der Waals surface area contributed by atoms with Gasteiger partial charge in [0.15, 0.2) is 5.91 Å². The Labute approximate surface area is 184 Å². The highest BCUT2D eigenvalue weighted by Gasteiger charge is 2.35. The number of alkyl halides is 4. The fourth-order valence-corrected chi connectivity index (χ4v) is 5.01. The Hall–Kier alpha value is -2.71. The number of rotatable bonds is 4. The molecule has 0 bridgehead atoms. The van der Waals surface area contributed by atoms with Crippen LogP contribution in [0.4, 0.5) is 23.2 Å². The molecular formula is C21H17F4N2O3PS. The number of aromatic nitrogens is 1. The average Bonchev–Trinajstić information content (AvgIpc) is 2.78. The largest absolute Gasteiger partial charge is 0.489 e. The van der Waals surface area contributed by atoms with Gasteiger partial charge in [-0.1, -0.05) is 21.4 Å². The molecule has 4 rings (SSSR count). The van der Waals surface area contributed by atoms with E-state index in [1.807, 2.05) is 9.24 Å². The van der Waals surface area contributed by atoms with Crippen LogP contribution in [-0.4, -0.2) is 26.6 Å². The van der Waals surface area contributed by atoms with Crippen LogP contribution in [0.25, 0.3) is 11.3 Å². The van der Waals surface area contributed by atoms with Crippen molar-refractivity contribution >= 4 is 25.0 Å². The molecule has 0 aliphatic carbocycles. The summed E-state index contributed by atoms with van der Waals surface area (Å²) in [6, 6.07) is 13.1. The number of fused-ring (bicyclic) bond motifs is 1. The number of hydrogen-bond acceptors (Lipinski definition) is 4. The minimum atomic E-state index is -4.68. The van der Waals surface area contributed by atoms with Gasteiger partial charge in [0.05, 0.1) is 34.1 Å². The van der Waals surface area contributed by atoms with E-state index in [1.54, 1.807) is 24.3 Å². The Bertz CT molecular complexity index is 1270. The molecule has 1 aliphatic heterocycles. The van der Waals surface area contributed by atoms with Crippen molar-refractivity contribution in [2.24, 2.45) is 0 Å². The summed E-state index contributed by atoms with van der Waals surface area (Å²) in [6.45, 7) is -0.0461. The molecule has 0 amide bonds. The highest BCUT2D eigenvalue weighted by molar-refractivity contribution is 7.92. The van der Waals surface area contributed by atoms with E-state index in [1.165, 1.54) is 12.1 Å². The first-order valence-electron chi connectivity index (χ1n) is 9.41. The summed E-state index contributed by atoms with van der Waals surface area (Å²) in [6.07, 6.45) is -4.68. The molecule has 168 valence electrons. The van der Waals surface area contributed by atoms with Gasteiger partial charge >= 0.3 is 6.18 Å². The summed E-state index contributed by atoms with van der Waals surface area (Å²) in [4.78, 5) is 3.77. The maximum atomic E-state index is 13.6. The predicted octanol–water partition coefficient (Wildman–Crippen LogP) is 5.20. The number of nitrogens with zero attached hydrogens (tertiary/aromatic N) is 2. The molecule has 0 fully saturated rings. The fourth-order valence-electron chi connectivity index (χ4n) is 3.33. The monoisotopic (exact) mass is 484 g/mol. The number of halogens is 4. The lowest BCUT2D eigenvalue weighted by atomic mass is 10.1. The van der Waals surface area contributed by atoms with E-state index >= 15 is 0 Å². The first kappa shape index (κ1) is 22.5. The topological polar surface area (TPSA) is 59.5 Å². The first-order chi connectivity index (χ1) is 15.1. The zero-order valence-electron chi connectivity index (χ0n) is 16.4. The van der Waals surface area contributed by atoms with Gasteiger partial charge in [0.2, 0.25) is 0 Å². The molecule has 0 saturated heterocycles. The molecule has 32 heavy (non-hydrogen) atoms. The summed E-state index contributed by atoms with van der Waals surface area (Å²) >= 11 is 0. The quantitative estimate of drug-likeness (QED) is 0.378. The molecule has 2 unspecified atom stereocenters. The molecule has 1 aromatic heterocycles. The number of sulfonamides is 1.